The van der Waals surface area contributed by atoms with Crippen molar-refractivity contribution in [2.75, 3.05) is 19.7 Å². The van der Waals surface area contributed by atoms with Crippen LogP contribution >= 0.6 is 11.3 Å². The topological polar surface area (TPSA) is 77.7 Å². The second-order valence-electron chi connectivity index (χ2n) is 5.14. The summed E-state index contributed by atoms with van der Waals surface area (Å²) in [6.07, 6.45) is -0.148. The van der Waals surface area contributed by atoms with Crippen molar-refractivity contribution in [3.05, 3.63) is 40.9 Å². The van der Waals surface area contributed by atoms with E-state index in [1.54, 1.807) is 5.38 Å². The first-order valence-electron chi connectivity index (χ1n) is 7.30. The van der Waals surface area contributed by atoms with Crippen LogP contribution in [0.3, 0.4) is 0 Å². The van der Waals surface area contributed by atoms with Crippen molar-refractivity contribution in [2.24, 2.45) is 0 Å². The summed E-state index contributed by atoms with van der Waals surface area (Å²) < 4.78 is 0. The van der Waals surface area contributed by atoms with Crippen molar-refractivity contribution < 1.29 is 19.9 Å². The summed E-state index contributed by atoms with van der Waals surface area (Å²) in [4.78, 5) is 16.2. The first-order valence-corrected chi connectivity index (χ1v) is 8.18. The maximum Gasteiger partial charge on any atom is 0.123 e. The lowest BCUT2D eigenvalue weighted by molar-refractivity contribution is -0.912. The van der Waals surface area contributed by atoms with Crippen LogP contribution < -0.4 is 10.0 Å². The van der Waals surface area contributed by atoms with E-state index in [-0.39, 0.29) is 13.0 Å². The number of aliphatic hydroxyl groups is 1. The molecule has 2 rings (SSSR count). The number of quaternary nitrogens is 1. The fourth-order valence-corrected chi connectivity index (χ4v) is 3.10. The summed E-state index contributed by atoms with van der Waals surface area (Å²) in [7, 11) is 0. The Hall–Kier alpha value is -1.76. The van der Waals surface area contributed by atoms with Crippen LogP contribution in [0, 0.1) is 0 Å². The molecule has 1 unspecified atom stereocenters. The average molecular weight is 320 g/mol. The maximum atomic E-state index is 10.6. The van der Waals surface area contributed by atoms with Crippen LogP contribution in [-0.4, -0.2) is 35.8 Å². The molecule has 0 fully saturated rings. The average Bonchev–Trinajstić information content (AvgIpc) is 2.95. The molecule has 22 heavy (non-hydrogen) atoms. The van der Waals surface area contributed by atoms with Crippen LogP contribution in [0.2, 0.25) is 0 Å². The second kappa shape index (κ2) is 8.03. The molecule has 0 spiro atoms. The molecule has 2 N–H and O–H groups in total. The van der Waals surface area contributed by atoms with Crippen LogP contribution in [0.15, 0.2) is 29.6 Å². The minimum Gasteiger partial charge on any atom is -0.550 e. The third-order valence-electron chi connectivity index (χ3n) is 3.50. The van der Waals surface area contributed by atoms with Crippen LogP contribution in [0.5, 0.6) is 0 Å². The first-order chi connectivity index (χ1) is 10.6. The van der Waals surface area contributed by atoms with Gasteiger partial charge in [0.25, 0.3) is 0 Å². The minimum atomic E-state index is -1.11. The van der Waals surface area contributed by atoms with Gasteiger partial charge in [-0.15, -0.1) is 11.3 Å². The second-order valence-corrected chi connectivity index (χ2v) is 6.00. The van der Waals surface area contributed by atoms with Crippen molar-refractivity contribution in [1.82, 2.24) is 4.98 Å². The number of thiazole rings is 1. The molecule has 0 saturated heterocycles. The van der Waals surface area contributed by atoms with E-state index in [0.29, 0.717) is 5.69 Å². The molecule has 0 aliphatic carbocycles. The molecule has 1 aromatic heterocycles. The van der Waals surface area contributed by atoms with E-state index in [1.807, 2.05) is 12.1 Å². The molecule has 5 nitrogen and oxygen atoms in total. The number of carbonyl (C=O) groups is 1. The number of likely N-dealkylation sites (N-methyl/N-ethyl adjacent to an activating group) is 1. The number of aliphatic carboxylic acids is 1. The Morgan fingerprint density at radius 2 is 2.09 bits per heavy atom. The fourth-order valence-electron chi connectivity index (χ4n) is 2.27. The highest BCUT2D eigenvalue weighted by molar-refractivity contribution is 7.13. The molecule has 6 heteroatoms. The van der Waals surface area contributed by atoms with Crippen LogP contribution in [-0.2, 0) is 17.8 Å². The predicted octanol–water partition coefficient (Wildman–Crippen LogP) is -0.500. The van der Waals surface area contributed by atoms with E-state index in [4.69, 9.17) is 5.11 Å². The minimum absolute atomic E-state index is 0.148. The molecular formula is C16H20N2O3S. The third-order valence-corrected chi connectivity index (χ3v) is 4.44. The summed E-state index contributed by atoms with van der Waals surface area (Å²) >= 11 is 1.44. The maximum absolute atomic E-state index is 10.6. The van der Waals surface area contributed by atoms with Gasteiger partial charge in [0, 0.05) is 28.9 Å². The van der Waals surface area contributed by atoms with Crippen LogP contribution in [0.25, 0.3) is 10.6 Å². The van der Waals surface area contributed by atoms with Crippen molar-refractivity contribution in [3.8, 4) is 10.6 Å². The van der Waals surface area contributed by atoms with Gasteiger partial charge in [0.1, 0.15) is 18.1 Å². The van der Waals surface area contributed by atoms with E-state index in [0.717, 1.165) is 30.2 Å². The molecule has 2 aromatic rings. The Bertz CT molecular complexity index is 610. The number of aromatic nitrogens is 1. The molecule has 1 atom stereocenters. The van der Waals surface area contributed by atoms with E-state index in [1.165, 1.54) is 21.8 Å². The zero-order valence-corrected chi connectivity index (χ0v) is 13.4. The van der Waals surface area contributed by atoms with Crippen molar-refractivity contribution in [2.45, 2.75) is 19.9 Å². The van der Waals surface area contributed by atoms with Gasteiger partial charge in [-0.2, -0.15) is 0 Å². The molecule has 1 heterocycles. The summed E-state index contributed by atoms with van der Waals surface area (Å²) in [6.45, 7) is 4.90. The number of benzene rings is 1. The van der Waals surface area contributed by atoms with E-state index >= 15 is 0 Å². The number of hydrogen-bond acceptors (Lipinski definition) is 5. The number of hydrogen-bond donors (Lipinski definition) is 2. The smallest absolute Gasteiger partial charge is 0.123 e. The molecule has 118 valence electrons. The quantitative estimate of drug-likeness (QED) is 0.687. The Morgan fingerprint density at radius 1 is 1.36 bits per heavy atom. The number of rotatable bonds is 8. The lowest BCUT2D eigenvalue weighted by atomic mass is 10.1. The number of carboxylic acids is 1. The number of carboxylic acid groups (broad SMARTS) is 1. The highest BCUT2D eigenvalue weighted by atomic mass is 32.1. The fraction of sp³-hybridized carbons (Fsp3) is 0.375. The van der Waals surface area contributed by atoms with Crippen molar-refractivity contribution in [1.29, 1.82) is 0 Å². The standard InChI is InChI=1S/C16H20N2O3S/c1-2-18(7-8-19)10-12-3-5-13(6-4-12)16-17-14(11-22-16)9-15(20)21/h3-6,11,19H,2,7-10H2,1H3,(H,20,21). The Balaban J connectivity index is 2.05. The molecule has 0 amide bonds. The normalized spacial score (nSPS) is 12.3. The Morgan fingerprint density at radius 3 is 2.68 bits per heavy atom. The van der Waals surface area contributed by atoms with Gasteiger partial charge in [0.05, 0.1) is 18.8 Å². The predicted molar refractivity (Wildman–Crippen MR) is 83.4 cm³/mol. The highest BCUT2D eigenvalue weighted by Gasteiger charge is 2.08. The molecule has 0 radical (unpaired) electrons. The van der Waals surface area contributed by atoms with Gasteiger partial charge in [0.15, 0.2) is 0 Å². The monoisotopic (exact) mass is 320 g/mol. The van der Waals surface area contributed by atoms with Crippen molar-refractivity contribution >= 4 is 17.3 Å². The third kappa shape index (κ3) is 4.62. The summed E-state index contributed by atoms with van der Waals surface area (Å²) in [5.74, 6) is -1.11. The number of nitrogens with zero attached hydrogens (tertiary/aromatic N) is 1. The van der Waals surface area contributed by atoms with E-state index < -0.39 is 5.97 Å². The van der Waals surface area contributed by atoms with Crippen LogP contribution in [0.4, 0.5) is 0 Å². The van der Waals surface area contributed by atoms with Gasteiger partial charge in [-0.25, -0.2) is 4.98 Å². The number of aliphatic hydroxyl groups excluding tert-OH is 1. The lowest BCUT2D eigenvalue weighted by Gasteiger charge is -2.16. The van der Waals surface area contributed by atoms with Gasteiger partial charge >= 0.3 is 0 Å². The van der Waals surface area contributed by atoms with Gasteiger partial charge in [-0.3, -0.25) is 0 Å². The largest absolute Gasteiger partial charge is 0.550 e. The summed E-state index contributed by atoms with van der Waals surface area (Å²) in [5.41, 5.74) is 2.73. The van der Waals surface area contributed by atoms with Gasteiger partial charge in [0.2, 0.25) is 0 Å². The molecular weight excluding hydrogens is 300 g/mol. The van der Waals surface area contributed by atoms with Gasteiger partial charge in [-0.1, -0.05) is 24.3 Å². The molecule has 1 aromatic carbocycles. The molecule has 0 aliphatic rings. The Kier molecular flexibility index (Phi) is 6.06. The van der Waals surface area contributed by atoms with Crippen LogP contribution in [0.1, 0.15) is 18.2 Å². The molecule has 0 saturated carbocycles. The SMILES string of the molecule is CC[NH+](CCO)Cc1ccc(-c2nc(CC(=O)[O-])cs2)cc1. The first kappa shape index (κ1) is 16.6. The molecule has 0 bridgehead atoms. The number of carbonyl (C=O) groups excluding carboxylic acids is 1. The highest BCUT2D eigenvalue weighted by Crippen LogP contribution is 2.24. The lowest BCUT2D eigenvalue weighted by Crippen LogP contribution is -3.10. The van der Waals surface area contributed by atoms with Gasteiger partial charge < -0.3 is 19.9 Å². The summed E-state index contributed by atoms with van der Waals surface area (Å²) in [5, 5.41) is 22.2. The molecule has 0 aliphatic heterocycles. The number of nitrogens with one attached hydrogen (secondary N) is 1. The zero-order chi connectivity index (χ0) is 15.9. The Labute approximate surface area is 133 Å². The van der Waals surface area contributed by atoms with E-state index in [9.17, 15) is 9.90 Å². The zero-order valence-electron chi connectivity index (χ0n) is 12.5. The van der Waals surface area contributed by atoms with Crippen molar-refractivity contribution in [3.63, 3.8) is 0 Å². The van der Waals surface area contributed by atoms with Gasteiger partial charge in [-0.05, 0) is 6.92 Å². The van der Waals surface area contributed by atoms with E-state index in [2.05, 4.69) is 24.0 Å². The summed E-state index contributed by atoms with van der Waals surface area (Å²) in [6, 6.07) is 8.12.